The maximum absolute atomic E-state index is 4.58. The first-order valence-electron chi connectivity index (χ1n) is 6.54. The van der Waals surface area contributed by atoms with Gasteiger partial charge in [0.15, 0.2) is 0 Å². The molecule has 1 saturated heterocycles. The first-order valence-corrected chi connectivity index (χ1v) is 7.31. The summed E-state index contributed by atoms with van der Waals surface area (Å²) in [6, 6.07) is 0. The summed E-state index contributed by atoms with van der Waals surface area (Å²) in [5, 5.41) is 4.53. The van der Waals surface area contributed by atoms with E-state index in [1.54, 1.807) is 0 Å². The molecule has 0 saturated carbocycles. The Labute approximate surface area is 108 Å². The molecule has 96 valence electrons. The van der Waals surface area contributed by atoms with Gasteiger partial charge in [0.1, 0.15) is 5.82 Å². The fraction of sp³-hybridized carbons (Fsp3) is 0.833. The van der Waals surface area contributed by atoms with Crippen LogP contribution in [0.4, 0.5) is 5.13 Å². The van der Waals surface area contributed by atoms with E-state index in [2.05, 4.69) is 33.5 Å². The third kappa shape index (κ3) is 3.64. The zero-order valence-corrected chi connectivity index (χ0v) is 11.6. The normalized spacial score (nSPS) is 20.5. The van der Waals surface area contributed by atoms with Crippen LogP contribution in [0, 0.1) is 5.92 Å². The zero-order chi connectivity index (χ0) is 12.1. The van der Waals surface area contributed by atoms with Gasteiger partial charge in [0.2, 0.25) is 5.13 Å². The predicted octanol–water partition coefficient (Wildman–Crippen LogP) is 1.93. The van der Waals surface area contributed by atoms with Crippen LogP contribution in [0.25, 0.3) is 0 Å². The SMILES string of the molecule is CCCc1nsc(N(C)CC2CCCNC2)n1. The number of aromatic nitrogens is 2. The molecule has 1 fully saturated rings. The smallest absolute Gasteiger partial charge is 0.204 e. The van der Waals surface area contributed by atoms with Crippen LogP contribution in [-0.2, 0) is 6.42 Å². The molecule has 1 aliphatic rings. The summed E-state index contributed by atoms with van der Waals surface area (Å²) >= 11 is 1.53. The van der Waals surface area contributed by atoms with Crippen LogP contribution in [0.5, 0.6) is 0 Å². The lowest BCUT2D eigenvalue weighted by Gasteiger charge is -2.27. The monoisotopic (exact) mass is 254 g/mol. The van der Waals surface area contributed by atoms with Crippen LogP contribution in [0.2, 0.25) is 0 Å². The van der Waals surface area contributed by atoms with Crippen LogP contribution < -0.4 is 10.2 Å². The van der Waals surface area contributed by atoms with Gasteiger partial charge in [0.25, 0.3) is 0 Å². The van der Waals surface area contributed by atoms with Gasteiger partial charge < -0.3 is 10.2 Å². The Kier molecular flexibility index (Phi) is 4.74. The number of piperidine rings is 1. The summed E-state index contributed by atoms with van der Waals surface area (Å²) in [5.74, 6) is 1.76. The van der Waals surface area contributed by atoms with E-state index in [0.29, 0.717) is 0 Å². The average Bonchev–Trinajstić information content (AvgIpc) is 2.79. The van der Waals surface area contributed by atoms with E-state index in [-0.39, 0.29) is 0 Å². The van der Waals surface area contributed by atoms with Crippen LogP contribution in [0.1, 0.15) is 32.0 Å². The third-order valence-electron chi connectivity index (χ3n) is 3.19. The van der Waals surface area contributed by atoms with Crippen molar-refractivity contribution in [3.8, 4) is 0 Å². The van der Waals surface area contributed by atoms with Gasteiger partial charge in [-0.25, -0.2) is 4.98 Å². The quantitative estimate of drug-likeness (QED) is 0.871. The standard InChI is InChI=1S/C12H22N4S/c1-3-5-11-14-12(17-15-11)16(2)9-10-6-4-7-13-8-10/h10,13H,3-9H2,1-2H3. The maximum atomic E-state index is 4.58. The first-order chi connectivity index (χ1) is 8.29. The lowest BCUT2D eigenvalue weighted by Crippen LogP contribution is -2.36. The minimum Gasteiger partial charge on any atom is -0.350 e. The van der Waals surface area contributed by atoms with E-state index < -0.39 is 0 Å². The molecular formula is C12H22N4S. The molecule has 2 rings (SSSR count). The molecule has 0 amide bonds. The van der Waals surface area contributed by atoms with Crippen molar-refractivity contribution in [2.45, 2.75) is 32.6 Å². The van der Waals surface area contributed by atoms with Crippen LogP contribution in [0.3, 0.4) is 0 Å². The summed E-state index contributed by atoms with van der Waals surface area (Å²) in [6.45, 7) is 5.58. The Bertz CT molecular complexity index is 333. The van der Waals surface area contributed by atoms with Crippen molar-refractivity contribution in [2.75, 3.05) is 31.6 Å². The van der Waals surface area contributed by atoms with E-state index >= 15 is 0 Å². The molecule has 2 heterocycles. The highest BCUT2D eigenvalue weighted by Crippen LogP contribution is 2.19. The average molecular weight is 254 g/mol. The van der Waals surface area contributed by atoms with Gasteiger partial charge in [-0.2, -0.15) is 4.37 Å². The maximum Gasteiger partial charge on any atom is 0.204 e. The van der Waals surface area contributed by atoms with E-state index in [9.17, 15) is 0 Å². The summed E-state index contributed by atoms with van der Waals surface area (Å²) in [4.78, 5) is 6.84. The van der Waals surface area contributed by atoms with Gasteiger partial charge in [-0.3, -0.25) is 0 Å². The number of rotatable bonds is 5. The Morgan fingerprint density at radius 2 is 2.41 bits per heavy atom. The molecule has 1 N–H and O–H groups in total. The predicted molar refractivity (Wildman–Crippen MR) is 72.8 cm³/mol. The van der Waals surface area contributed by atoms with Gasteiger partial charge in [-0.05, 0) is 38.3 Å². The van der Waals surface area contributed by atoms with Crippen molar-refractivity contribution in [3.63, 3.8) is 0 Å². The fourth-order valence-corrected chi connectivity index (χ4v) is 2.95. The molecule has 5 heteroatoms. The van der Waals surface area contributed by atoms with Crippen molar-refractivity contribution in [3.05, 3.63) is 5.82 Å². The Morgan fingerprint density at radius 3 is 3.12 bits per heavy atom. The number of nitrogens with zero attached hydrogens (tertiary/aromatic N) is 3. The molecule has 0 aliphatic carbocycles. The molecule has 1 atom stereocenters. The van der Waals surface area contributed by atoms with E-state index in [1.807, 2.05) is 0 Å². The first kappa shape index (κ1) is 12.8. The van der Waals surface area contributed by atoms with Crippen LogP contribution in [-0.4, -0.2) is 36.0 Å². The highest BCUT2D eigenvalue weighted by atomic mass is 32.1. The van der Waals surface area contributed by atoms with Gasteiger partial charge >= 0.3 is 0 Å². The molecule has 0 radical (unpaired) electrons. The number of nitrogens with one attached hydrogen (secondary N) is 1. The summed E-state index contributed by atoms with van der Waals surface area (Å²) in [5.41, 5.74) is 0. The Morgan fingerprint density at radius 1 is 1.53 bits per heavy atom. The van der Waals surface area contributed by atoms with Crippen molar-refractivity contribution in [2.24, 2.45) is 5.92 Å². The van der Waals surface area contributed by atoms with Crippen LogP contribution in [0.15, 0.2) is 0 Å². The van der Waals surface area contributed by atoms with Crippen LogP contribution >= 0.6 is 11.5 Å². The molecule has 0 aromatic carbocycles. The molecule has 0 spiro atoms. The van der Waals surface area contributed by atoms with Crippen molar-refractivity contribution in [1.29, 1.82) is 0 Å². The van der Waals surface area contributed by atoms with E-state index in [4.69, 9.17) is 0 Å². The molecule has 1 aromatic rings. The number of hydrogen-bond acceptors (Lipinski definition) is 5. The molecular weight excluding hydrogens is 232 g/mol. The van der Waals surface area contributed by atoms with Gasteiger partial charge in [0, 0.05) is 31.5 Å². The largest absolute Gasteiger partial charge is 0.350 e. The number of hydrogen-bond donors (Lipinski definition) is 1. The molecule has 17 heavy (non-hydrogen) atoms. The van der Waals surface area contributed by atoms with E-state index in [0.717, 1.165) is 42.8 Å². The highest BCUT2D eigenvalue weighted by Gasteiger charge is 2.17. The van der Waals surface area contributed by atoms with Gasteiger partial charge in [-0.15, -0.1) is 0 Å². The minimum absolute atomic E-state index is 0.757. The lowest BCUT2D eigenvalue weighted by molar-refractivity contribution is 0.381. The summed E-state index contributed by atoms with van der Waals surface area (Å²) < 4.78 is 4.39. The summed E-state index contributed by atoms with van der Waals surface area (Å²) in [6.07, 6.45) is 4.75. The second kappa shape index (κ2) is 6.31. The molecule has 1 aliphatic heterocycles. The second-order valence-electron chi connectivity index (χ2n) is 4.84. The van der Waals surface area contributed by atoms with E-state index in [1.165, 1.54) is 30.9 Å². The number of anilines is 1. The highest BCUT2D eigenvalue weighted by molar-refractivity contribution is 7.09. The van der Waals surface area contributed by atoms with Crippen molar-refractivity contribution in [1.82, 2.24) is 14.7 Å². The van der Waals surface area contributed by atoms with Crippen molar-refractivity contribution >= 4 is 16.7 Å². The Hall–Kier alpha value is -0.680. The Balaban J connectivity index is 1.86. The lowest BCUT2D eigenvalue weighted by atomic mass is 9.99. The van der Waals surface area contributed by atoms with Gasteiger partial charge in [0.05, 0.1) is 0 Å². The molecule has 1 unspecified atom stereocenters. The van der Waals surface area contributed by atoms with Crippen molar-refractivity contribution < 1.29 is 0 Å². The molecule has 4 nitrogen and oxygen atoms in total. The summed E-state index contributed by atoms with van der Waals surface area (Å²) in [7, 11) is 2.13. The zero-order valence-electron chi connectivity index (χ0n) is 10.8. The molecule has 1 aromatic heterocycles. The fourth-order valence-electron chi connectivity index (χ4n) is 2.27. The third-order valence-corrected chi connectivity index (χ3v) is 4.06. The molecule has 0 bridgehead atoms. The van der Waals surface area contributed by atoms with Gasteiger partial charge in [-0.1, -0.05) is 6.92 Å². The number of aryl methyl sites for hydroxylation is 1. The second-order valence-corrected chi connectivity index (χ2v) is 5.57. The minimum atomic E-state index is 0.757. The topological polar surface area (TPSA) is 41.1 Å².